The topological polar surface area (TPSA) is 47.1 Å². The van der Waals surface area contributed by atoms with Crippen molar-refractivity contribution in [2.45, 2.75) is 12.8 Å². The molecule has 32 heavy (non-hydrogen) atoms. The molecule has 2 heterocycles. The first-order valence-electron chi connectivity index (χ1n) is 11.1. The second-order valence-corrected chi connectivity index (χ2v) is 9.06. The van der Waals surface area contributed by atoms with Crippen molar-refractivity contribution in [1.82, 2.24) is 9.80 Å². The van der Waals surface area contributed by atoms with E-state index >= 15 is 0 Å². The molecule has 2 aromatic rings. The van der Waals surface area contributed by atoms with Crippen molar-refractivity contribution in [3.05, 3.63) is 58.6 Å². The molecule has 2 aromatic carbocycles. The highest BCUT2D eigenvalue weighted by Gasteiger charge is 2.24. The monoisotopic (exact) mass is 474 g/mol. The fourth-order valence-corrected chi connectivity index (χ4v) is 4.51. The zero-order chi connectivity index (χ0) is 22.5. The van der Waals surface area contributed by atoms with Gasteiger partial charge in [0, 0.05) is 86.6 Å². The molecule has 0 atom stereocenters. The molecule has 2 aliphatic heterocycles. The Morgan fingerprint density at radius 3 is 1.19 bits per heavy atom. The summed E-state index contributed by atoms with van der Waals surface area (Å²) in [5.41, 5.74) is 2.24. The highest BCUT2D eigenvalue weighted by molar-refractivity contribution is 6.30. The maximum Gasteiger partial charge on any atom is 0.223 e. The van der Waals surface area contributed by atoms with Crippen molar-refractivity contribution in [2.24, 2.45) is 0 Å². The van der Waals surface area contributed by atoms with Gasteiger partial charge in [-0.25, -0.2) is 0 Å². The molecule has 0 N–H and O–H groups in total. The molecule has 0 unspecified atom stereocenters. The molecule has 2 fully saturated rings. The number of hydrogen-bond donors (Lipinski definition) is 0. The minimum Gasteiger partial charge on any atom is -0.368 e. The zero-order valence-electron chi connectivity index (χ0n) is 18.1. The molecule has 0 aromatic heterocycles. The second kappa shape index (κ2) is 10.5. The van der Waals surface area contributed by atoms with Gasteiger partial charge in [-0.05, 0) is 48.5 Å². The van der Waals surface area contributed by atoms with Crippen molar-refractivity contribution in [3.8, 4) is 0 Å². The molecule has 6 nitrogen and oxygen atoms in total. The molecule has 0 bridgehead atoms. The van der Waals surface area contributed by atoms with E-state index in [1.807, 2.05) is 58.3 Å². The molecule has 8 heteroatoms. The smallest absolute Gasteiger partial charge is 0.223 e. The third kappa shape index (κ3) is 5.67. The lowest BCUT2D eigenvalue weighted by atomic mass is 10.2. The van der Waals surface area contributed by atoms with Gasteiger partial charge in [0.05, 0.1) is 0 Å². The molecule has 0 saturated carbocycles. The molecule has 0 aliphatic carbocycles. The maximum absolute atomic E-state index is 12.6. The summed E-state index contributed by atoms with van der Waals surface area (Å²) in [5.74, 6) is 0.128. The van der Waals surface area contributed by atoms with Crippen molar-refractivity contribution >= 4 is 46.4 Å². The number of benzene rings is 2. The number of amides is 2. The summed E-state index contributed by atoms with van der Waals surface area (Å²) in [6.45, 7) is 5.85. The first-order valence-corrected chi connectivity index (χ1v) is 11.8. The highest BCUT2D eigenvalue weighted by atomic mass is 35.5. The van der Waals surface area contributed by atoms with Gasteiger partial charge in [0.15, 0.2) is 0 Å². The number of hydrogen-bond acceptors (Lipinski definition) is 4. The molecule has 2 amide bonds. The van der Waals surface area contributed by atoms with Crippen molar-refractivity contribution in [2.75, 3.05) is 62.2 Å². The van der Waals surface area contributed by atoms with Crippen LogP contribution in [0.15, 0.2) is 48.5 Å². The van der Waals surface area contributed by atoms with E-state index in [4.69, 9.17) is 23.2 Å². The van der Waals surface area contributed by atoms with Crippen LogP contribution in [0, 0.1) is 0 Å². The van der Waals surface area contributed by atoms with E-state index < -0.39 is 0 Å². The Bertz CT molecular complexity index is 843. The normalized spacial score (nSPS) is 16.9. The van der Waals surface area contributed by atoms with Gasteiger partial charge in [-0.1, -0.05) is 23.2 Å². The van der Waals surface area contributed by atoms with E-state index in [0.29, 0.717) is 26.2 Å². The van der Waals surface area contributed by atoms with Crippen LogP contribution in [0.5, 0.6) is 0 Å². The van der Waals surface area contributed by atoms with E-state index in [1.54, 1.807) is 0 Å². The van der Waals surface area contributed by atoms with Crippen LogP contribution in [0.3, 0.4) is 0 Å². The number of piperazine rings is 2. The number of anilines is 2. The Kier molecular flexibility index (Phi) is 7.43. The molecular formula is C24H28Cl2N4O2. The predicted molar refractivity (Wildman–Crippen MR) is 130 cm³/mol. The molecule has 2 saturated heterocycles. The van der Waals surface area contributed by atoms with Crippen LogP contribution in [-0.4, -0.2) is 74.0 Å². The van der Waals surface area contributed by atoms with Crippen LogP contribution in [0.4, 0.5) is 11.4 Å². The molecule has 4 rings (SSSR count). The van der Waals surface area contributed by atoms with Gasteiger partial charge in [0.1, 0.15) is 0 Å². The summed E-state index contributed by atoms with van der Waals surface area (Å²) in [5, 5.41) is 1.44. The van der Waals surface area contributed by atoms with Crippen molar-refractivity contribution in [3.63, 3.8) is 0 Å². The lowest BCUT2D eigenvalue weighted by Gasteiger charge is -2.37. The van der Waals surface area contributed by atoms with E-state index in [2.05, 4.69) is 9.80 Å². The average Bonchev–Trinajstić information content (AvgIpc) is 2.83. The SMILES string of the molecule is O=C(CCC(=O)N1CCN(c2ccc(Cl)cc2)CC1)N1CCN(c2ccc(Cl)cc2)CC1. The number of carbonyl (C=O) groups excluding carboxylic acids is 2. The lowest BCUT2D eigenvalue weighted by molar-refractivity contribution is -0.137. The van der Waals surface area contributed by atoms with E-state index in [0.717, 1.165) is 47.6 Å². The molecule has 0 radical (unpaired) electrons. The van der Waals surface area contributed by atoms with Gasteiger partial charge in [0.2, 0.25) is 11.8 Å². The average molecular weight is 475 g/mol. The third-order valence-corrected chi connectivity index (χ3v) is 6.70. The first-order chi connectivity index (χ1) is 15.5. The van der Waals surface area contributed by atoms with Gasteiger partial charge in [-0.2, -0.15) is 0 Å². The Labute approximate surface area is 199 Å². The number of halogens is 2. The molecule has 2 aliphatic rings. The van der Waals surface area contributed by atoms with Gasteiger partial charge in [0.25, 0.3) is 0 Å². The number of rotatable bonds is 5. The van der Waals surface area contributed by atoms with Gasteiger partial charge in [-0.15, -0.1) is 0 Å². The predicted octanol–water partition coefficient (Wildman–Crippen LogP) is 3.77. The first kappa shape index (κ1) is 22.7. The minimum absolute atomic E-state index is 0.0638. The molecule has 170 valence electrons. The van der Waals surface area contributed by atoms with E-state index in [9.17, 15) is 9.59 Å². The Morgan fingerprint density at radius 2 is 0.875 bits per heavy atom. The fourth-order valence-electron chi connectivity index (χ4n) is 4.26. The van der Waals surface area contributed by atoms with Crippen LogP contribution in [-0.2, 0) is 9.59 Å². The summed E-state index contributed by atoms with van der Waals surface area (Å²) in [4.78, 5) is 33.5. The maximum atomic E-state index is 12.6. The van der Waals surface area contributed by atoms with Crippen LogP contribution in [0.1, 0.15) is 12.8 Å². The van der Waals surface area contributed by atoms with Crippen LogP contribution in [0.2, 0.25) is 10.0 Å². The summed E-state index contributed by atoms with van der Waals surface area (Å²) >= 11 is 11.9. The van der Waals surface area contributed by atoms with Gasteiger partial charge >= 0.3 is 0 Å². The Hall–Kier alpha value is -2.44. The summed E-state index contributed by atoms with van der Waals surface area (Å²) in [7, 11) is 0. The van der Waals surface area contributed by atoms with Gasteiger partial charge < -0.3 is 19.6 Å². The molecule has 0 spiro atoms. The summed E-state index contributed by atoms with van der Waals surface area (Å²) in [6.07, 6.45) is 0.550. The van der Waals surface area contributed by atoms with E-state index in [1.165, 1.54) is 0 Å². The Balaban J connectivity index is 1.18. The van der Waals surface area contributed by atoms with Crippen LogP contribution < -0.4 is 9.80 Å². The largest absolute Gasteiger partial charge is 0.368 e. The van der Waals surface area contributed by atoms with Gasteiger partial charge in [-0.3, -0.25) is 9.59 Å². The highest BCUT2D eigenvalue weighted by Crippen LogP contribution is 2.21. The lowest BCUT2D eigenvalue weighted by Crippen LogP contribution is -2.50. The molecular weight excluding hydrogens is 447 g/mol. The van der Waals surface area contributed by atoms with Crippen LogP contribution >= 0.6 is 23.2 Å². The minimum atomic E-state index is 0.0638. The Morgan fingerprint density at radius 1 is 0.562 bits per heavy atom. The quantitative estimate of drug-likeness (QED) is 0.661. The van der Waals surface area contributed by atoms with Crippen LogP contribution in [0.25, 0.3) is 0 Å². The third-order valence-electron chi connectivity index (χ3n) is 6.20. The van der Waals surface area contributed by atoms with E-state index in [-0.39, 0.29) is 24.7 Å². The van der Waals surface area contributed by atoms with Crippen molar-refractivity contribution < 1.29 is 9.59 Å². The standard InChI is InChI=1S/C24H28Cl2N4O2/c25-19-1-5-21(6-2-19)27-11-15-29(16-12-27)23(31)9-10-24(32)30-17-13-28(14-18-30)22-7-3-20(26)4-8-22/h1-8H,9-18H2. The zero-order valence-corrected chi connectivity index (χ0v) is 19.6. The van der Waals surface area contributed by atoms with Crippen molar-refractivity contribution in [1.29, 1.82) is 0 Å². The summed E-state index contributed by atoms with van der Waals surface area (Å²) in [6, 6.07) is 15.6. The number of carbonyl (C=O) groups is 2. The second-order valence-electron chi connectivity index (χ2n) is 8.19. The number of nitrogens with zero attached hydrogens (tertiary/aromatic N) is 4. The summed E-state index contributed by atoms with van der Waals surface area (Å²) < 4.78 is 0. The fraction of sp³-hybridized carbons (Fsp3) is 0.417.